The van der Waals surface area contributed by atoms with Crippen molar-refractivity contribution in [1.29, 1.82) is 0 Å². The van der Waals surface area contributed by atoms with Crippen molar-refractivity contribution >= 4 is 5.91 Å². The van der Waals surface area contributed by atoms with Crippen molar-refractivity contribution in [1.82, 2.24) is 24.6 Å². The first-order valence-corrected chi connectivity index (χ1v) is 7.71. The number of aromatic amines is 1. The van der Waals surface area contributed by atoms with E-state index in [0.29, 0.717) is 25.3 Å². The van der Waals surface area contributed by atoms with Crippen LogP contribution in [0.25, 0.3) is 0 Å². The van der Waals surface area contributed by atoms with E-state index in [2.05, 4.69) is 35.8 Å². The highest BCUT2D eigenvalue weighted by Gasteiger charge is 2.32. The molecule has 7 heteroatoms. The van der Waals surface area contributed by atoms with E-state index in [4.69, 9.17) is 0 Å². The summed E-state index contributed by atoms with van der Waals surface area (Å²) in [4.78, 5) is 32.5. The van der Waals surface area contributed by atoms with Crippen LogP contribution in [-0.4, -0.2) is 43.6 Å². The number of carbonyl (C=O) groups is 1. The summed E-state index contributed by atoms with van der Waals surface area (Å²) in [5.41, 5.74) is 1.18. The van der Waals surface area contributed by atoms with E-state index in [1.54, 1.807) is 17.0 Å². The van der Waals surface area contributed by atoms with E-state index >= 15 is 0 Å². The first kappa shape index (κ1) is 15.5. The lowest BCUT2D eigenvalue weighted by molar-refractivity contribution is 0.0452. The number of hydrogen-bond donors (Lipinski definition) is 1. The molecule has 3 rings (SSSR count). The van der Waals surface area contributed by atoms with Crippen LogP contribution in [0.15, 0.2) is 29.5 Å². The van der Waals surface area contributed by atoms with Gasteiger partial charge in [0.15, 0.2) is 0 Å². The smallest absolute Gasteiger partial charge is 0.271 e. The van der Waals surface area contributed by atoms with Crippen LogP contribution >= 0.6 is 0 Å². The summed E-state index contributed by atoms with van der Waals surface area (Å²) >= 11 is 0. The summed E-state index contributed by atoms with van der Waals surface area (Å²) in [5, 5.41) is 4.47. The molecule has 122 valence electrons. The van der Waals surface area contributed by atoms with Crippen molar-refractivity contribution in [3.63, 3.8) is 0 Å². The highest BCUT2D eigenvalue weighted by Crippen LogP contribution is 2.21. The second-order valence-electron chi connectivity index (χ2n) is 7.03. The molecule has 1 aliphatic rings. The first-order chi connectivity index (χ1) is 10.8. The third kappa shape index (κ3) is 3.18. The predicted molar refractivity (Wildman–Crippen MR) is 85.2 cm³/mol. The number of nitrogens with one attached hydrogen (secondary N) is 1. The van der Waals surface area contributed by atoms with E-state index < -0.39 is 0 Å². The van der Waals surface area contributed by atoms with Gasteiger partial charge in [-0.25, -0.2) is 9.67 Å². The lowest BCUT2D eigenvalue weighted by Crippen LogP contribution is -2.52. The van der Waals surface area contributed by atoms with Gasteiger partial charge in [-0.05, 0) is 6.07 Å². The van der Waals surface area contributed by atoms with E-state index in [1.165, 1.54) is 17.2 Å². The van der Waals surface area contributed by atoms with Gasteiger partial charge in [0, 0.05) is 30.5 Å². The Bertz CT molecular complexity index is 752. The van der Waals surface area contributed by atoms with Crippen LogP contribution < -0.4 is 5.56 Å². The van der Waals surface area contributed by atoms with Crippen molar-refractivity contribution < 1.29 is 4.79 Å². The second-order valence-corrected chi connectivity index (χ2v) is 7.03. The van der Waals surface area contributed by atoms with Crippen LogP contribution in [0.5, 0.6) is 0 Å². The van der Waals surface area contributed by atoms with Crippen molar-refractivity contribution in [2.45, 2.75) is 32.7 Å². The Balaban J connectivity index is 1.64. The molecule has 1 N–H and O–H groups in total. The minimum atomic E-state index is -0.101. The summed E-state index contributed by atoms with van der Waals surface area (Å²) in [7, 11) is 0. The third-order valence-electron chi connectivity index (χ3n) is 4.04. The predicted octanol–water partition coefficient (Wildman–Crippen LogP) is 1.04. The molecule has 1 aliphatic heterocycles. The molecule has 1 amide bonds. The average molecular weight is 315 g/mol. The number of carbonyl (C=O) groups excluding carboxylic acids is 1. The van der Waals surface area contributed by atoms with Gasteiger partial charge in [0.25, 0.3) is 11.5 Å². The number of likely N-dealkylation sites (tertiary alicyclic amines) is 1. The number of H-pyrrole nitrogens is 1. The van der Waals surface area contributed by atoms with Crippen LogP contribution in [0, 0.1) is 5.92 Å². The molecule has 0 unspecified atom stereocenters. The summed E-state index contributed by atoms with van der Waals surface area (Å²) < 4.78 is 1.52. The maximum absolute atomic E-state index is 12.1. The number of amides is 1. The molecule has 0 spiro atoms. The van der Waals surface area contributed by atoms with Crippen molar-refractivity contribution in [3.8, 4) is 0 Å². The molecule has 0 atom stereocenters. The van der Waals surface area contributed by atoms with Crippen LogP contribution in [0.4, 0.5) is 0 Å². The Morgan fingerprint density at radius 2 is 2.09 bits per heavy atom. The first-order valence-electron chi connectivity index (χ1n) is 7.71. The van der Waals surface area contributed by atoms with Gasteiger partial charge in [0.2, 0.25) is 0 Å². The summed E-state index contributed by atoms with van der Waals surface area (Å²) in [6.07, 6.45) is 3.01. The second kappa shape index (κ2) is 5.64. The fraction of sp³-hybridized carbons (Fsp3) is 0.500. The van der Waals surface area contributed by atoms with Gasteiger partial charge in [0.05, 0.1) is 24.8 Å². The number of rotatable bonds is 3. The van der Waals surface area contributed by atoms with E-state index in [1.807, 2.05) is 0 Å². The van der Waals surface area contributed by atoms with Gasteiger partial charge in [0.1, 0.15) is 5.69 Å². The normalized spacial score (nSPS) is 15.5. The summed E-state index contributed by atoms with van der Waals surface area (Å²) in [6, 6.07) is 3.35. The van der Waals surface area contributed by atoms with E-state index in [-0.39, 0.29) is 22.8 Å². The van der Waals surface area contributed by atoms with Gasteiger partial charge in [-0.3, -0.25) is 9.59 Å². The molecule has 0 aliphatic carbocycles. The Morgan fingerprint density at radius 3 is 2.70 bits per heavy atom. The molecule has 7 nitrogen and oxygen atoms in total. The number of hydrogen-bond acceptors (Lipinski definition) is 4. The van der Waals surface area contributed by atoms with Crippen molar-refractivity contribution in [3.05, 3.63) is 46.4 Å². The van der Waals surface area contributed by atoms with Crippen LogP contribution in [0.2, 0.25) is 0 Å². The SMILES string of the molecule is CC(C)(C)c1ccc(=O)n(CC2CN(C(=O)c3cnc[nH]3)C2)n1. The molecule has 1 saturated heterocycles. The zero-order chi connectivity index (χ0) is 16.6. The average Bonchev–Trinajstić information content (AvgIpc) is 2.96. The standard InChI is InChI=1S/C16H21N5O2/c1-16(2,3)13-4-5-14(22)21(19-13)9-11-7-20(8-11)15(23)12-6-17-10-18-12/h4-6,10-11H,7-9H2,1-3H3,(H,17,18). The maximum atomic E-state index is 12.1. The summed E-state index contributed by atoms with van der Waals surface area (Å²) in [5.74, 6) is 0.199. The number of nitrogens with zero attached hydrogens (tertiary/aromatic N) is 4. The maximum Gasteiger partial charge on any atom is 0.271 e. The zero-order valence-corrected chi connectivity index (χ0v) is 13.6. The summed E-state index contributed by atoms with van der Waals surface area (Å²) in [6.45, 7) is 8.00. The molecule has 1 fully saturated rings. The fourth-order valence-electron chi connectivity index (χ4n) is 2.62. The highest BCUT2D eigenvalue weighted by atomic mass is 16.2. The molecule has 2 aromatic rings. The number of aromatic nitrogens is 4. The Hall–Kier alpha value is -2.44. The molecular weight excluding hydrogens is 294 g/mol. The van der Waals surface area contributed by atoms with E-state index in [0.717, 1.165) is 5.69 Å². The third-order valence-corrected chi connectivity index (χ3v) is 4.04. The monoisotopic (exact) mass is 315 g/mol. The van der Waals surface area contributed by atoms with Gasteiger partial charge in [-0.15, -0.1) is 0 Å². The molecule has 2 aromatic heterocycles. The van der Waals surface area contributed by atoms with Gasteiger partial charge in [-0.2, -0.15) is 5.10 Å². The largest absolute Gasteiger partial charge is 0.341 e. The quantitative estimate of drug-likeness (QED) is 0.917. The van der Waals surface area contributed by atoms with E-state index in [9.17, 15) is 9.59 Å². The molecule has 0 aromatic carbocycles. The van der Waals surface area contributed by atoms with Crippen molar-refractivity contribution in [2.24, 2.45) is 5.92 Å². The topological polar surface area (TPSA) is 83.9 Å². The molecular formula is C16H21N5O2. The number of imidazole rings is 1. The van der Waals surface area contributed by atoms with Gasteiger partial charge >= 0.3 is 0 Å². The fourth-order valence-corrected chi connectivity index (χ4v) is 2.62. The van der Waals surface area contributed by atoms with Crippen LogP contribution in [0.3, 0.4) is 0 Å². The molecule has 0 saturated carbocycles. The minimum absolute atomic E-state index is 0.0532. The van der Waals surface area contributed by atoms with Crippen LogP contribution in [-0.2, 0) is 12.0 Å². The van der Waals surface area contributed by atoms with Crippen LogP contribution in [0.1, 0.15) is 37.0 Å². The highest BCUT2D eigenvalue weighted by molar-refractivity contribution is 5.92. The molecule has 23 heavy (non-hydrogen) atoms. The van der Waals surface area contributed by atoms with Gasteiger partial charge < -0.3 is 9.88 Å². The molecule has 3 heterocycles. The Morgan fingerprint density at radius 1 is 1.35 bits per heavy atom. The minimum Gasteiger partial charge on any atom is -0.341 e. The Kier molecular flexibility index (Phi) is 3.79. The zero-order valence-electron chi connectivity index (χ0n) is 13.6. The molecule has 0 radical (unpaired) electrons. The lowest BCUT2D eigenvalue weighted by Gasteiger charge is -2.39. The lowest BCUT2D eigenvalue weighted by atomic mass is 9.92. The molecule has 0 bridgehead atoms. The van der Waals surface area contributed by atoms with Gasteiger partial charge in [-0.1, -0.05) is 20.8 Å². The van der Waals surface area contributed by atoms with Crippen molar-refractivity contribution in [2.75, 3.05) is 13.1 Å². The Labute approximate surface area is 134 Å².